The van der Waals surface area contributed by atoms with Crippen molar-refractivity contribution in [3.8, 4) is 5.75 Å². The number of hydrogen-bond acceptors (Lipinski definition) is 7. The van der Waals surface area contributed by atoms with Crippen molar-refractivity contribution in [2.75, 3.05) is 10.6 Å². The summed E-state index contributed by atoms with van der Waals surface area (Å²) >= 11 is 0. The van der Waals surface area contributed by atoms with Crippen LogP contribution < -0.4 is 16.4 Å². The van der Waals surface area contributed by atoms with Crippen LogP contribution in [-0.2, 0) is 0 Å². The van der Waals surface area contributed by atoms with Gasteiger partial charge in [0.05, 0.1) is 12.4 Å². The van der Waals surface area contributed by atoms with Gasteiger partial charge in [-0.15, -0.1) is 24.8 Å². The maximum absolute atomic E-state index is 9.61. The van der Waals surface area contributed by atoms with Gasteiger partial charge in [-0.05, 0) is 63.1 Å². The summed E-state index contributed by atoms with van der Waals surface area (Å²) in [4.78, 5) is 14.5. The molecule has 1 atom stereocenters. The monoisotopic (exact) mass is 507 g/mol. The minimum atomic E-state index is 0. The van der Waals surface area contributed by atoms with Crippen molar-refractivity contribution in [3.63, 3.8) is 0 Å². The summed E-state index contributed by atoms with van der Waals surface area (Å²) in [5.74, 6) is 1.65. The molecule has 0 radical (unpaired) electrons. The van der Waals surface area contributed by atoms with Gasteiger partial charge in [-0.2, -0.15) is 9.97 Å². The standard InChI is InChI=1S/C24H33N7O.2ClH/c1-15(16-6-12-20(32)13-7-16)27-22-21-23(31(14-26-21)19-4-2-3-5-19)30-24(29-22)28-18-10-8-17(25)9-11-18;;/h6-7,12-15,17-19,32H,2-5,8-11,25H2,1H3,(H2,27,28,29,30);2*1H. The highest BCUT2D eigenvalue weighted by Crippen LogP contribution is 2.34. The third-order valence-corrected chi connectivity index (χ3v) is 6.99. The fraction of sp³-hybridized carbons (Fsp3) is 0.542. The summed E-state index contributed by atoms with van der Waals surface area (Å²) in [5.41, 5.74) is 8.85. The van der Waals surface area contributed by atoms with Gasteiger partial charge in [0, 0.05) is 18.1 Å². The first-order chi connectivity index (χ1) is 15.6. The molecule has 10 heteroatoms. The number of imidazole rings is 1. The van der Waals surface area contributed by atoms with E-state index in [1.807, 2.05) is 18.5 Å². The van der Waals surface area contributed by atoms with Crippen molar-refractivity contribution < 1.29 is 5.11 Å². The Bertz CT molecular complexity index is 1060. The van der Waals surface area contributed by atoms with Crippen molar-refractivity contribution in [2.24, 2.45) is 5.73 Å². The van der Waals surface area contributed by atoms with Crippen LogP contribution in [0.25, 0.3) is 11.2 Å². The fourth-order valence-electron chi connectivity index (χ4n) is 5.03. The lowest BCUT2D eigenvalue weighted by Gasteiger charge is -2.27. The molecule has 0 aliphatic heterocycles. The zero-order valence-electron chi connectivity index (χ0n) is 19.5. The van der Waals surface area contributed by atoms with Crippen molar-refractivity contribution in [1.29, 1.82) is 0 Å². The second-order valence-corrected chi connectivity index (χ2v) is 9.37. The third-order valence-electron chi connectivity index (χ3n) is 6.99. The van der Waals surface area contributed by atoms with Crippen LogP contribution in [0.1, 0.15) is 75.9 Å². The van der Waals surface area contributed by atoms with E-state index in [1.165, 1.54) is 25.7 Å². The number of anilines is 2. The molecule has 5 rings (SSSR count). The molecule has 2 aliphatic carbocycles. The van der Waals surface area contributed by atoms with Crippen LogP contribution in [0.5, 0.6) is 5.75 Å². The quantitative estimate of drug-likeness (QED) is 0.355. The van der Waals surface area contributed by atoms with Gasteiger partial charge < -0.3 is 26.0 Å². The molecule has 0 amide bonds. The molecule has 8 nitrogen and oxygen atoms in total. The molecule has 2 aliphatic rings. The Hall–Kier alpha value is -2.29. The van der Waals surface area contributed by atoms with Crippen molar-refractivity contribution in [3.05, 3.63) is 36.2 Å². The van der Waals surface area contributed by atoms with Crippen LogP contribution in [0.2, 0.25) is 0 Å². The molecule has 1 unspecified atom stereocenters. The summed E-state index contributed by atoms with van der Waals surface area (Å²) in [5, 5.41) is 16.7. The molecule has 2 heterocycles. The zero-order valence-corrected chi connectivity index (χ0v) is 21.1. The molecular weight excluding hydrogens is 473 g/mol. The summed E-state index contributed by atoms with van der Waals surface area (Å²) in [6.07, 6.45) is 10.9. The average molecular weight is 508 g/mol. The van der Waals surface area contributed by atoms with E-state index in [1.54, 1.807) is 12.1 Å². The molecule has 186 valence electrons. The van der Waals surface area contributed by atoms with E-state index in [2.05, 4.69) is 22.1 Å². The summed E-state index contributed by atoms with van der Waals surface area (Å²) < 4.78 is 2.24. The first-order valence-corrected chi connectivity index (χ1v) is 11.9. The lowest BCUT2D eigenvalue weighted by atomic mass is 9.92. The molecule has 3 aromatic rings. The number of hydrogen-bond donors (Lipinski definition) is 4. The Kier molecular flexibility index (Phi) is 8.84. The van der Waals surface area contributed by atoms with E-state index in [0.717, 1.165) is 48.2 Å². The molecule has 0 bridgehead atoms. The van der Waals surface area contributed by atoms with Gasteiger partial charge in [-0.3, -0.25) is 0 Å². The van der Waals surface area contributed by atoms with Crippen molar-refractivity contribution in [1.82, 2.24) is 19.5 Å². The van der Waals surface area contributed by atoms with Gasteiger partial charge in [0.1, 0.15) is 5.75 Å². The van der Waals surface area contributed by atoms with Gasteiger partial charge >= 0.3 is 0 Å². The summed E-state index contributed by atoms with van der Waals surface area (Å²) in [6.45, 7) is 2.09. The van der Waals surface area contributed by atoms with Crippen molar-refractivity contribution >= 4 is 47.7 Å². The lowest BCUT2D eigenvalue weighted by molar-refractivity contribution is 0.410. The Morgan fingerprint density at radius 3 is 2.35 bits per heavy atom. The van der Waals surface area contributed by atoms with E-state index in [4.69, 9.17) is 20.7 Å². The number of benzene rings is 1. The Balaban J connectivity index is 0.00000162. The summed E-state index contributed by atoms with van der Waals surface area (Å²) in [7, 11) is 0. The SMILES string of the molecule is CC(Nc1nc(NC2CCC(N)CC2)nc2c1ncn2C1CCCC1)c1ccc(O)cc1.Cl.Cl. The molecule has 0 spiro atoms. The number of phenols is 1. The Morgan fingerprint density at radius 1 is 1.00 bits per heavy atom. The lowest BCUT2D eigenvalue weighted by Crippen LogP contribution is -2.33. The minimum absolute atomic E-state index is 0. The largest absolute Gasteiger partial charge is 0.508 e. The highest BCUT2D eigenvalue weighted by molar-refractivity contribution is 5.86. The van der Waals surface area contributed by atoms with E-state index < -0.39 is 0 Å². The topological polar surface area (TPSA) is 114 Å². The van der Waals surface area contributed by atoms with Crippen LogP contribution in [0.3, 0.4) is 0 Å². The van der Waals surface area contributed by atoms with Gasteiger partial charge in [0.15, 0.2) is 17.0 Å². The number of aromatic nitrogens is 4. The minimum Gasteiger partial charge on any atom is -0.508 e. The van der Waals surface area contributed by atoms with E-state index in [0.29, 0.717) is 24.1 Å². The van der Waals surface area contributed by atoms with Gasteiger partial charge in [-0.25, -0.2) is 4.98 Å². The van der Waals surface area contributed by atoms with Gasteiger partial charge in [0.2, 0.25) is 5.95 Å². The number of aromatic hydroxyl groups is 1. The second kappa shape index (κ2) is 11.4. The predicted octanol–water partition coefficient (Wildman–Crippen LogP) is 5.35. The normalized spacial score (nSPS) is 21.5. The number of nitrogens with two attached hydrogens (primary N) is 1. The molecule has 1 aromatic carbocycles. The fourth-order valence-corrected chi connectivity index (χ4v) is 5.03. The zero-order chi connectivity index (χ0) is 22.1. The maximum atomic E-state index is 9.61. The molecule has 0 saturated heterocycles. The molecule has 2 fully saturated rings. The molecule has 34 heavy (non-hydrogen) atoms. The first-order valence-electron chi connectivity index (χ1n) is 11.9. The Labute approximate surface area is 213 Å². The molecular formula is C24H35Cl2N7O. The van der Waals surface area contributed by atoms with Crippen LogP contribution in [0.15, 0.2) is 30.6 Å². The first kappa shape index (κ1) is 26.3. The Morgan fingerprint density at radius 2 is 1.68 bits per heavy atom. The third kappa shape index (κ3) is 5.67. The smallest absolute Gasteiger partial charge is 0.227 e. The molecule has 5 N–H and O–H groups in total. The van der Waals surface area contributed by atoms with E-state index in [9.17, 15) is 5.11 Å². The number of nitrogens with one attached hydrogen (secondary N) is 2. The second-order valence-electron chi connectivity index (χ2n) is 9.37. The van der Waals surface area contributed by atoms with Crippen LogP contribution in [0, 0.1) is 0 Å². The highest BCUT2D eigenvalue weighted by Gasteiger charge is 2.24. The number of phenolic OH excluding ortho intramolecular Hbond substituents is 1. The predicted molar refractivity (Wildman–Crippen MR) is 141 cm³/mol. The number of halogens is 2. The highest BCUT2D eigenvalue weighted by atomic mass is 35.5. The molecule has 2 aromatic heterocycles. The van der Waals surface area contributed by atoms with E-state index >= 15 is 0 Å². The van der Waals surface area contributed by atoms with Crippen molar-refractivity contribution in [2.45, 2.75) is 82.5 Å². The van der Waals surface area contributed by atoms with E-state index in [-0.39, 0.29) is 36.6 Å². The van der Waals surface area contributed by atoms with Crippen LogP contribution in [0.4, 0.5) is 11.8 Å². The average Bonchev–Trinajstić information content (AvgIpc) is 3.46. The van der Waals surface area contributed by atoms with Crippen LogP contribution in [-0.4, -0.2) is 36.7 Å². The van der Waals surface area contributed by atoms with Crippen LogP contribution >= 0.6 is 24.8 Å². The number of nitrogens with zero attached hydrogens (tertiary/aromatic N) is 4. The number of fused-ring (bicyclic) bond motifs is 1. The number of rotatable bonds is 6. The molecule has 2 saturated carbocycles. The maximum Gasteiger partial charge on any atom is 0.227 e. The van der Waals surface area contributed by atoms with Gasteiger partial charge in [-0.1, -0.05) is 25.0 Å². The van der Waals surface area contributed by atoms with Gasteiger partial charge in [0.25, 0.3) is 0 Å². The summed E-state index contributed by atoms with van der Waals surface area (Å²) in [6, 6.07) is 8.38.